The summed E-state index contributed by atoms with van der Waals surface area (Å²) in [5, 5.41) is 0.309. The van der Waals surface area contributed by atoms with Gasteiger partial charge in [-0.15, -0.1) is 0 Å². The van der Waals surface area contributed by atoms with Crippen molar-refractivity contribution in [3.63, 3.8) is 0 Å². The van der Waals surface area contributed by atoms with Gasteiger partial charge in [0, 0.05) is 32.7 Å². The average molecular weight is 380 g/mol. The van der Waals surface area contributed by atoms with Gasteiger partial charge in [-0.1, -0.05) is 72.3 Å². The molecule has 3 rings (SSSR count). The highest BCUT2D eigenvalue weighted by molar-refractivity contribution is 6.29. The first kappa shape index (κ1) is 18.9. The zero-order valence-electron chi connectivity index (χ0n) is 15.5. The molecule has 138 valence electrons. The van der Waals surface area contributed by atoms with E-state index in [1.54, 1.807) is 12.1 Å². The molecule has 0 radical (unpaired) electrons. The maximum atomic E-state index is 13.3. The van der Waals surface area contributed by atoms with Crippen molar-refractivity contribution in [2.45, 2.75) is 13.1 Å². The van der Waals surface area contributed by atoms with Crippen molar-refractivity contribution >= 4 is 23.3 Å². The number of nitrogens with zero attached hydrogens (tertiary/aromatic N) is 3. The van der Waals surface area contributed by atoms with Crippen LogP contribution in [-0.4, -0.2) is 29.9 Å². The summed E-state index contributed by atoms with van der Waals surface area (Å²) < 4.78 is 0. The minimum atomic E-state index is -0.0740. The Kier molecular flexibility index (Phi) is 6.09. The van der Waals surface area contributed by atoms with Crippen LogP contribution >= 0.6 is 11.6 Å². The summed E-state index contributed by atoms with van der Waals surface area (Å²) in [5.41, 5.74) is 2.69. The predicted molar refractivity (Wildman–Crippen MR) is 110 cm³/mol. The van der Waals surface area contributed by atoms with Crippen LogP contribution in [0.3, 0.4) is 0 Å². The molecule has 1 heterocycles. The summed E-state index contributed by atoms with van der Waals surface area (Å²) in [6, 6.07) is 23.4. The van der Waals surface area contributed by atoms with E-state index in [2.05, 4.69) is 4.98 Å². The minimum absolute atomic E-state index is 0.0740. The first-order chi connectivity index (χ1) is 13.0. The molecule has 5 heteroatoms. The molecule has 1 amide bonds. The molecule has 0 aliphatic carbocycles. The number of hydrogen-bond acceptors (Lipinski definition) is 3. The summed E-state index contributed by atoms with van der Waals surface area (Å²) in [5.74, 6) is 0.584. The van der Waals surface area contributed by atoms with Crippen molar-refractivity contribution in [3.8, 4) is 0 Å². The third kappa shape index (κ3) is 5.08. The molecule has 0 saturated heterocycles. The first-order valence-electron chi connectivity index (χ1n) is 8.75. The number of hydrogen-bond donors (Lipinski definition) is 0. The van der Waals surface area contributed by atoms with Crippen LogP contribution in [0, 0.1) is 0 Å². The van der Waals surface area contributed by atoms with Crippen LogP contribution in [0.15, 0.2) is 72.8 Å². The molecule has 0 bridgehead atoms. The van der Waals surface area contributed by atoms with Gasteiger partial charge in [-0.2, -0.15) is 0 Å². The Balaban J connectivity index is 1.92. The van der Waals surface area contributed by atoms with Gasteiger partial charge in [0.2, 0.25) is 0 Å². The molecular formula is C22H22ClN3O. The van der Waals surface area contributed by atoms with Gasteiger partial charge in [-0.3, -0.25) is 4.79 Å². The molecule has 0 N–H and O–H groups in total. The van der Waals surface area contributed by atoms with Gasteiger partial charge in [0.25, 0.3) is 5.91 Å². The van der Waals surface area contributed by atoms with Crippen LogP contribution in [0.25, 0.3) is 0 Å². The van der Waals surface area contributed by atoms with Crippen molar-refractivity contribution in [1.29, 1.82) is 0 Å². The lowest BCUT2D eigenvalue weighted by Crippen LogP contribution is -2.30. The minimum Gasteiger partial charge on any atom is -0.363 e. The van der Waals surface area contributed by atoms with E-state index in [4.69, 9.17) is 11.6 Å². The molecule has 0 unspecified atom stereocenters. The molecule has 0 spiro atoms. The largest absolute Gasteiger partial charge is 0.363 e. The second kappa shape index (κ2) is 8.69. The Morgan fingerprint density at radius 3 is 1.89 bits per heavy atom. The Bertz CT molecular complexity index is 856. The summed E-state index contributed by atoms with van der Waals surface area (Å²) in [4.78, 5) is 21.2. The highest BCUT2D eigenvalue weighted by atomic mass is 35.5. The fourth-order valence-electron chi connectivity index (χ4n) is 2.83. The van der Waals surface area contributed by atoms with Crippen LogP contribution < -0.4 is 4.90 Å². The number of halogens is 1. The van der Waals surface area contributed by atoms with Gasteiger partial charge >= 0.3 is 0 Å². The topological polar surface area (TPSA) is 36.4 Å². The molecule has 1 aromatic heterocycles. The lowest BCUT2D eigenvalue weighted by molar-refractivity contribution is 0.0730. The second-order valence-electron chi connectivity index (χ2n) is 6.56. The number of aromatic nitrogens is 1. The molecule has 0 aliphatic rings. The van der Waals surface area contributed by atoms with E-state index in [1.807, 2.05) is 84.6 Å². The van der Waals surface area contributed by atoms with Gasteiger partial charge in [-0.25, -0.2) is 4.98 Å². The standard InChI is InChI=1S/C22H22ClN3O/c1-25(2)21-14-19(13-20(23)24-21)22(27)26(15-17-9-5-3-6-10-17)16-18-11-7-4-8-12-18/h3-14H,15-16H2,1-2H3. The Morgan fingerprint density at radius 2 is 1.41 bits per heavy atom. The molecule has 2 aromatic carbocycles. The molecule has 0 saturated carbocycles. The smallest absolute Gasteiger partial charge is 0.254 e. The van der Waals surface area contributed by atoms with E-state index in [0.29, 0.717) is 29.6 Å². The lowest BCUT2D eigenvalue weighted by atomic mass is 10.1. The zero-order chi connectivity index (χ0) is 19.2. The van der Waals surface area contributed by atoms with Gasteiger partial charge in [0.1, 0.15) is 11.0 Å². The van der Waals surface area contributed by atoms with E-state index >= 15 is 0 Å². The Hall–Kier alpha value is -2.85. The SMILES string of the molecule is CN(C)c1cc(C(=O)N(Cc2ccccc2)Cc2ccccc2)cc(Cl)n1. The first-order valence-corrected chi connectivity index (χ1v) is 9.13. The fraction of sp³-hybridized carbons (Fsp3) is 0.182. The third-order valence-corrected chi connectivity index (χ3v) is 4.40. The van der Waals surface area contributed by atoms with Crippen LogP contribution in [0.5, 0.6) is 0 Å². The molecule has 4 nitrogen and oxygen atoms in total. The van der Waals surface area contributed by atoms with Crippen molar-refractivity contribution in [1.82, 2.24) is 9.88 Å². The normalized spacial score (nSPS) is 10.5. The van der Waals surface area contributed by atoms with E-state index in [9.17, 15) is 4.79 Å². The second-order valence-corrected chi connectivity index (χ2v) is 6.95. The van der Waals surface area contributed by atoms with Crippen molar-refractivity contribution in [2.75, 3.05) is 19.0 Å². The number of carbonyl (C=O) groups is 1. The third-order valence-electron chi connectivity index (χ3n) is 4.21. The van der Waals surface area contributed by atoms with E-state index in [-0.39, 0.29) is 5.91 Å². The van der Waals surface area contributed by atoms with Gasteiger partial charge in [-0.05, 0) is 23.3 Å². The van der Waals surface area contributed by atoms with Crippen molar-refractivity contribution in [2.24, 2.45) is 0 Å². The van der Waals surface area contributed by atoms with E-state index in [1.165, 1.54) is 0 Å². The number of benzene rings is 2. The molecule has 3 aromatic rings. The predicted octanol–water partition coefficient (Wildman–Crippen LogP) is 4.64. The summed E-state index contributed by atoms with van der Waals surface area (Å²) in [6.45, 7) is 1.04. The average Bonchev–Trinajstić information content (AvgIpc) is 2.68. The summed E-state index contributed by atoms with van der Waals surface area (Å²) in [6.07, 6.45) is 0. The monoisotopic (exact) mass is 379 g/mol. The van der Waals surface area contributed by atoms with Crippen LogP contribution in [0.4, 0.5) is 5.82 Å². The molecule has 0 aliphatic heterocycles. The lowest BCUT2D eigenvalue weighted by Gasteiger charge is -2.24. The van der Waals surface area contributed by atoms with E-state index in [0.717, 1.165) is 11.1 Å². The Morgan fingerprint density at radius 1 is 0.889 bits per heavy atom. The number of amides is 1. The van der Waals surface area contributed by atoms with Crippen LogP contribution in [0.2, 0.25) is 5.15 Å². The van der Waals surface area contributed by atoms with Crippen molar-refractivity contribution < 1.29 is 4.79 Å². The molecular weight excluding hydrogens is 358 g/mol. The fourth-order valence-corrected chi connectivity index (χ4v) is 3.03. The summed E-state index contributed by atoms with van der Waals surface area (Å²) in [7, 11) is 3.75. The number of rotatable bonds is 6. The van der Waals surface area contributed by atoms with Crippen LogP contribution in [0.1, 0.15) is 21.5 Å². The van der Waals surface area contributed by atoms with Gasteiger partial charge < -0.3 is 9.80 Å². The highest BCUT2D eigenvalue weighted by Crippen LogP contribution is 2.20. The van der Waals surface area contributed by atoms with Gasteiger partial charge in [0.15, 0.2) is 0 Å². The molecule has 0 atom stereocenters. The molecule has 27 heavy (non-hydrogen) atoms. The summed E-state index contributed by atoms with van der Waals surface area (Å²) >= 11 is 6.15. The van der Waals surface area contributed by atoms with Gasteiger partial charge in [0.05, 0.1) is 0 Å². The van der Waals surface area contributed by atoms with Crippen LogP contribution in [-0.2, 0) is 13.1 Å². The molecule has 0 fully saturated rings. The number of pyridine rings is 1. The number of carbonyl (C=O) groups excluding carboxylic acids is 1. The maximum absolute atomic E-state index is 13.3. The quantitative estimate of drug-likeness (QED) is 0.585. The zero-order valence-corrected chi connectivity index (χ0v) is 16.2. The highest BCUT2D eigenvalue weighted by Gasteiger charge is 2.19. The Labute approximate surface area is 165 Å². The van der Waals surface area contributed by atoms with E-state index < -0.39 is 0 Å². The maximum Gasteiger partial charge on any atom is 0.254 e. The number of anilines is 1. The van der Waals surface area contributed by atoms with Crippen molar-refractivity contribution in [3.05, 3.63) is 94.6 Å².